The number of nitrogens with two attached hydrogens (primary N) is 1. The second-order valence-electron chi connectivity index (χ2n) is 3.15. The van der Waals surface area contributed by atoms with Crippen molar-refractivity contribution in [3.8, 4) is 0 Å². The van der Waals surface area contributed by atoms with Crippen LogP contribution in [0.25, 0.3) is 10.8 Å². The predicted molar refractivity (Wildman–Crippen MR) is 62.0 cm³/mol. The van der Waals surface area contributed by atoms with Gasteiger partial charge >= 0.3 is 0 Å². The molecule has 2 rings (SSSR count). The van der Waals surface area contributed by atoms with E-state index < -0.39 is 0 Å². The van der Waals surface area contributed by atoms with Gasteiger partial charge in [0.2, 0.25) is 0 Å². The van der Waals surface area contributed by atoms with Crippen molar-refractivity contribution < 1.29 is 0 Å². The fourth-order valence-electron chi connectivity index (χ4n) is 1.49. The van der Waals surface area contributed by atoms with Gasteiger partial charge in [0.1, 0.15) is 5.82 Å². The van der Waals surface area contributed by atoms with E-state index in [2.05, 4.69) is 38.5 Å². The standard InChI is InChI=1S/C10H10BrN3/c1-6-4-8-7(9(11)5-6)2-3-13-10(8)14-12/h2-5H,12H2,1H3,(H,13,14). The number of nitrogen functional groups attached to an aromatic ring is 1. The quantitative estimate of drug-likeness (QED) is 0.605. The summed E-state index contributed by atoms with van der Waals surface area (Å²) in [4.78, 5) is 4.15. The van der Waals surface area contributed by atoms with Crippen molar-refractivity contribution in [1.82, 2.24) is 4.98 Å². The molecule has 0 aliphatic heterocycles. The van der Waals surface area contributed by atoms with Crippen LogP contribution < -0.4 is 11.3 Å². The van der Waals surface area contributed by atoms with E-state index in [1.54, 1.807) is 6.20 Å². The van der Waals surface area contributed by atoms with Crippen LogP contribution in [0.1, 0.15) is 5.56 Å². The average molecular weight is 252 g/mol. The molecule has 0 aliphatic rings. The largest absolute Gasteiger partial charge is 0.308 e. The number of aromatic nitrogens is 1. The summed E-state index contributed by atoms with van der Waals surface area (Å²) in [5, 5.41) is 2.14. The van der Waals surface area contributed by atoms with Crippen molar-refractivity contribution in [2.45, 2.75) is 6.92 Å². The second-order valence-corrected chi connectivity index (χ2v) is 4.00. The molecule has 2 aromatic rings. The fraction of sp³-hybridized carbons (Fsp3) is 0.100. The molecule has 0 spiro atoms. The van der Waals surface area contributed by atoms with Crippen LogP contribution in [-0.2, 0) is 0 Å². The minimum absolute atomic E-state index is 0.701. The maximum Gasteiger partial charge on any atom is 0.147 e. The van der Waals surface area contributed by atoms with E-state index in [1.807, 2.05) is 13.0 Å². The van der Waals surface area contributed by atoms with Gasteiger partial charge in [-0.1, -0.05) is 15.9 Å². The fourth-order valence-corrected chi connectivity index (χ4v) is 2.20. The van der Waals surface area contributed by atoms with Gasteiger partial charge in [0, 0.05) is 21.4 Å². The van der Waals surface area contributed by atoms with Gasteiger partial charge in [-0.15, -0.1) is 0 Å². The summed E-state index contributed by atoms with van der Waals surface area (Å²) in [6.45, 7) is 2.04. The van der Waals surface area contributed by atoms with Crippen molar-refractivity contribution >= 4 is 32.5 Å². The molecule has 3 nitrogen and oxygen atoms in total. The van der Waals surface area contributed by atoms with E-state index in [9.17, 15) is 0 Å². The Morgan fingerprint density at radius 3 is 2.86 bits per heavy atom. The lowest BCUT2D eigenvalue weighted by molar-refractivity contribution is 1.25. The first-order valence-corrected chi connectivity index (χ1v) is 5.03. The molecule has 1 heterocycles. The summed E-state index contributed by atoms with van der Waals surface area (Å²) in [6, 6.07) is 6.09. The number of hydrogen-bond acceptors (Lipinski definition) is 3. The zero-order valence-electron chi connectivity index (χ0n) is 7.71. The Bertz CT molecular complexity index is 482. The maximum absolute atomic E-state index is 5.39. The van der Waals surface area contributed by atoms with Gasteiger partial charge in [0.15, 0.2) is 0 Å². The van der Waals surface area contributed by atoms with Crippen molar-refractivity contribution in [2.24, 2.45) is 5.84 Å². The molecule has 72 valence electrons. The van der Waals surface area contributed by atoms with Crippen LogP contribution in [0.15, 0.2) is 28.9 Å². The summed E-state index contributed by atoms with van der Waals surface area (Å²) >= 11 is 3.51. The summed E-state index contributed by atoms with van der Waals surface area (Å²) < 4.78 is 1.06. The van der Waals surface area contributed by atoms with Crippen LogP contribution in [-0.4, -0.2) is 4.98 Å². The Balaban J connectivity index is 2.86. The van der Waals surface area contributed by atoms with Crippen LogP contribution in [0.2, 0.25) is 0 Å². The van der Waals surface area contributed by atoms with Crippen LogP contribution in [0.5, 0.6) is 0 Å². The van der Waals surface area contributed by atoms with Crippen LogP contribution >= 0.6 is 15.9 Å². The van der Waals surface area contributed by atoms with E-state index in [-0.39, 0.29) is 0 Å². The highest BCUT2D eigenvalue weighted by Crippen LogP contribution is 2.28. The first-order chi connectivity index (χ1) is 6.72. The molecule has 0 radical (unpaired) electrons. The minimum Gasteiger partial charge on any atom is -0.308 e. The number of halogens is 1. The van der Waals surface area contributed by atoms with Gasteiger partial charge in [-0.05, 0) is 30.7 Å². The van der Waals surface area contributed by atoms with E-state index in [1.165, 1.54) is 5.56 Å². The number of hydrazine groups is 1. The molecule has 1 aromatic carbocycles. The lowest BCUT2D eigenvalue weighted by Crippen LogP contribution is -2.08. The van der Waals surface area contributed by atoms with Crippen LogP contribution in [0.3, 0.4) is 0 Å². The molecule has 4 heteroatoms. The molecule has 0 unspecified atom stereocenters. The third kappa shape index (κ3) is 1.47. The Labute approximate surface area is 90.4 Å². The van der Waals surface area contributed by atoms with E-state index in [0.717, 1.165) is 15.2 Å². The third-order valence-corrected chi connectivity index (χ3v) is 2.77. The number of benzene rings is 1. The van der Waals surface area contributed by atoms with Gasteiger partial charge < -0.3 is 5.43 Å². The smallest absolute Gasteiger partial charge is 0.147 e. The SMILES string of the molecule is Cc1cc(Br)c2ccnc(NN)c2c1. The summed E-state index contributed by atoms with van der Waals surface area (Å²) in [5.41, 5.74) is 3.77. The Kier molecular flexibility index (Phi) is 2.39. The molecular weight excluding hydrogens is 242 g/mol. The maximum atomic E-state index is 5.39. The highest BCUT2D eigenvalue weighted by atomic mass is 79.9. The number of fused-ring (bicyclic) bond motifs is 1. The molecule has 0 fully saturated rings. The first-order valence-electron chi connectivity index (χ1n) is 4.24. The molecule has 0 bridgehead atoms. The number of hydrogen-bond donors (Lipinski definition) is 2. The molecule has 0 saturated carbocycles. The van der Waals surface area contributed by atoms with Gasteiger partial charge in [-0.3, -0.25) is 0 Å². The third-order valence-electron chi connectivity index (χ3n) is 2.11. The number of aryl methyl sites for hydroxylation is 1. The number of rotatable bonds is 1. The summed E-state index contributed by atoms with van der Waals surface area (Å²) in [5.74, 6) is 6.09. The van der Waals surface area contributed by atoms with Crippen molar-refractivity contribution in [3.63, 3.8) is 0 Å². The average Bonchev–Trinajstić information content (AvgIpc) is 2.17. The van der Waals surface area contributed by atoms with Crippen molar-refractivity contribution in [3.05, 3.63) is 34.4 Å². The molecular formula is C10H10BrN3. The highest BCUT2D eigenvalue weighted by molar-refractivity contribution is 9.10. The van der Waals surface area contributed by atoms with E-state index in [4.69, 9.17) is 5.84 Å². The zero-order valence-corrected chi connectivity index (χ0v) is 9.30. The lowest BCUT2D eigenvalue weighted by Gasteiger charge is -2.06. The zero-order chi connectivity index (χ0) is 10.1. The molecule has 0 amide bonds. The Hall–Kier alpha value is -1.13. The van der Waals surface area contributed by atoms with Gasteiger partial charge in [-0.25, -0.2) is 10.8 Å². The monoisotopic (exact) mass is 251 g/mol. The number of nitrogens with zero attached hydrogens (tertiary/aromatic N) is 1. The van der Waals surface area contributed by atoms with Crippen molar-refractivity contribution in [1.29, 1.82) is 0 Å². The second kappa shape index (κ2) is 3.55. The number of nitrogens with one attached hydrogen (secondary N) is 1. The Morgan fingerprint density at radius 1 is 1.36 bits per heavy atom. The predicted octanol–water partition coefficient (Wildman–Crippen LogP) is 2.59. The summed E-state index contributed by atoms with van der Waals surface area (Å²) in [6.07, 6.45) is 1.73. The van der Waals surface area contributed by atoms with E-state index >= 15 is 0 Å². The van der Waals surface area contributed by atoms with Gasteiger partial charge in [-0.2, -0.15) is 0 Å². The number of pyridine rings is 1. The van der Waals surface area contributed by atoms with Gasteiger partial charge in [0.05, 0.1) is 0 Å². The highest BCUT2D eigenvalue weighted by Gasteiger charge is 2.04. The molecule has 0 atom stereocenters. The minimum atomic E-state index is 0.701. The molecule has 14 heavy (non-hydrogen) atoms. The first kappa shape index (κ1) is 9.43. The van der Waals surface area contributed by atoms with Crippen LogP contribution in [0.4, 0.5) is 5.82 Å². The van der Waals surface area contributed by atoms with Crippen molar-refractivity contribution in [2.75, 3.05) is 5.43 Å². The van der Waals surface area contributed by atoms with Crippen LogP contribution in [0, 0.1) is 6.92 Å². The molecule has 1 aromatic heterocycles. The topological polar surface area (TPSA) is 50.9 Å². The van der Waals surface area contributed by atoms with E-state index in [0.29, 0.717) is 5.82 Å². The Morgan fingerprint density at radius 2 is 2.14 bits per heavy atom. The normalized spacial score (nSPS) is 10.5. The molecule has 0 aliphatic carbocycles. The molecule has 0 saturated heterocycles. The van der Waals surface area contributed by atoms with Gasteiger partial charge in [0.25, 0.3) is 0 Å². The summed E-state index contributed by atoms with van der Waals surface area (Å²) in [7, 11) is 0. The number of anilines is 1. The lowest BCUT2D eigenvalue weighted by atomic mass is 10.1. The molecule has 3 N–H and O–H groups in total.